The molecule has 1 aromatic heterocycles. The van der Waals surface area contributed by atoms with Crippen molar-refractivity contribution in [3.05, 3.63) is 36.4 Å². The third kappa shape index (κ3) is 2.60. The number of epoxide rings is 2. The predicted molar refractivity (Wildman–Crippen MR) is 90.9 cm³/mol. The van der Waals surface area contributed by atoms with Gasteiger partial charge in [-0.3, -0.25) is 0 Å². The van der Waals surface area contributed by atoms with Gasteiger partial charge in [0.25, 0.3) is 0 Å². The van der Waals surface area contributed by atoms with Gasteiger partial charge >= 0.3 is 0 Å². The molecule has 2 aliphatic rings. The van der Waals surface area contributed by atoms with E-state index >= 15 is 0 Å². The molecule has 0 N–H and O–H groups in total. The van der Waals surface area contributed by atoms with Crippen molar-refractivity contribution in [1.29, 1.82) is 0 Å². The van der Waals surface area contributed by atoms with Crippen LogP contribution >= 0.6 is 0 Å². The van der Waals surface area contributed by atoms with Crippen LogP contribution in [-0.2, 0) is 16.5 Å². The third-order valence-corrected chi connectivity index (χ3v) is 4.63. The minimum absolute atomic E-state index is 0.262. The average molecular weight is 325 g/mol. The highest BCUT2D eigenvalue weighted by Gasteiger charge is 2.24. The van der Waals surface area contributed by atoms with Crippen molar-refractivity contribution in [2.24, 2.45) is 7.05 Å². The van der Waals surface area contributed by atoms with Crippen LogP contribution in [0.15, 0.2) is 36.4 Å². The topological polar surface area (TPSA) is 48.5 Å². The molecule has 5 heteroatoms. The predicted octanol–water partition coefficient (Wildman–Crippen LogP) is 2.89. The zero-order chi connectivity index (χ0) is 16.1. The van der Waals surface area contributed by atoms with Crippen LogP contribution in [-0.4, -0.2) is 43.2 Å². The van der Waals surface area contributed by atoms with Gasteiger partial charge in [-0.25, -0.2) is 0 Å². The minimum Gasteiger partial charge on any atom is -0.491 e. The van der Waals surface area contributed by atoms with Gasteiger partial charge in [0, 0.05) is 28.9 Å². The summed E-state index contributed by atoms with van der Waals surface area (Å²) >= 11 is 0. The fraction of sp³-hybridized carbons (Fsp3) is 0.368. The van der Waals surface area contributed by atoms with Crippen LogP contribution in [0.25, 0.3) is 21.8 Å². The number of aromatic nitrogens is 1. The van der Waals surface area contributed by atoms with E-state index in [0.717, 1.165) is 24.7 Å². The fourth-order valence-corrected chi connectivity index (χ4v) is 3.06. The molecule has 5 nitrogen and oxygen atoms in total. The van der Waals surface area contributed by atoms with Crippen LogP contribution in [0.5, 0.6) is 11.5 Å². The molecule has 0 amide bonds. The van der Waals surface area contributed by atoms with E-state index in [2.05, 4.69) is 35.9 Å². The molecule has 2 fully saturated rings. The standard InChI is InChI=1S/C19H19NO4/c1-20-18-4-2-12(21-8-14-10-23-14)6-16(18)17-7-13(3-5-19(17)20)22-9-15-11-24-15/h2-7,14-15H,8-11H2,1H3. The average Bonchev–Trinajstić information content (AvgIpc) is 3.52. The molecule has 2 unspecified atom stereocenters. The molecule has 2 aromatic carbocycles. The summed E-state index contributed by atoms with van der Waals surface area (Å²) in [5, 5.41) is 2.35. The Balaban J connectivity index is 1.52. The second-order valence-corrected chi connectivity index (χ2v) is 6.45. The zero-order valence-corrected chi connectivity index (χ0v) is 13.5. The molecule has 0 radical (unpaired) electrons. The molecule has 2 saturated heterocycles. The number of rotatable bonds is 6. The van der Waals surface area contributed by atoms with Gasteiger partial charge in [0.05, 0.1) is 13.2 Å². The second-order valence-electron chi connectivity index (χ2n) is 6.45. The van der Waals surface area contributed by atoms with Crippen LogP contribution < -0.4 is 9.47 Å². The maximum absolute atomic E-state index is 5.83. The Kier molecular flexibility index (Phi) is 3.18. The van der Waals surface area contributed by atoms with Gasteiger partial charge in [0.2, 0.25) is 0 Å². The summed E-state index contributed by atoms with van der Waals surface area (Å²) in [4.78, 5) is 0. The smallest absolute Gasteiger partial charge is 0.120 e. The van der Waals surface area contributed by atoms with E-state index < -0.39 is 0 Å². The molecule has 5 rings (SSSR count). The van der Waals surface area contributed by atoms with E-state index in [4.69, 9.17) is 18.9 Å². The molecule has 124 valence electrons. The van der Waals surface area contributed by atoms with Gasteiger partial charge in [-0.15, -0.1) is 0 Å². The van der Waals surface area contributed by atoms with Gasteiger partial charge in [-0.05, 0) is 36.4 Å². The molecule has 0 aliphatic carbocycles. The van der Waals surface area contributed by atoms with E-state index in [1.165, 1.54) is 21.8 Å². The van der Waals surface area contributed by atoms with Crippen LogP contribution in [0, 0.1) is 0 Å². The SMILES string of the molecule is Cn1c2ccc(OCC3CO3)cc2c2cc(OCC3CO3)ccc21. The fourth-order valence-electron chi connectivity index (χ4n) is 3.06. The molecule has 3 aromatic rings. The first kappa shape index (κ1) is 14.1. The summed E-state index contributed by atoms with van der Waals surface area (Å²) in [6.45, 7) is 2.85. The van der Waals surface area contributed by atoms with Crippen molar-refractivity contribution in [1.82, 2.24) is 4.57 Å². The highest BCUT2D eigenvalue weighted by Crippen LogP contribution is 2.33. The first-order valence-corrected chi connectivity index (χ1v) is 8.29. The van der Waals surface area contributed by atoms with Crippen LogP contribution in [0.1, 0.15) is 0 Å². The highest BCUT2D eigenvalue weighted by molar-refractivity contribution is 6.08. The number of benzene rings is 2. The minimum atomic E-state index is 0.262. The number of hydrogen-bond donors (Lipinski definition) is 0. The quantitative estimate of drug-likeness (QED) is 0.654. The molecule has 3 heterocycles. The maximum Gasteiger partial charge on any atom is 0.120 e. The summed E-state index contributed by atoms with van der Waals surface area (Å²) in [5.74, 6) is 1.76. The molecule has 0 bridgehead atoms. The molecular formula is C19H19NO4. The van der Waals surface area contributed by atoms with Gasteiger partial charge in [0.15, 0.2) is 0 Å². The largest absolute Gasteiger partial charge is 0.491 e. The lowest BCUT2D eigenvalue weighted by molar-refractivity contribution is 0.263. The molecule has 2 atom stereocenters. The lowest BCUT2D eigenvalue weighted by atomic mass is 10.1. The first-order valence-electron chi connectivity index (χ1n) is 8.29. The second kappa shape index (κ2) is 5.40. The van der Waals surface area contributed by atoms with Gasteiger partial charge in [0.1, 0.15) is 36.9 Å². The van der Waals surface area contributed by atoms with Gasteiger partial charge in [-0.2, -0.15) is 0 Å². The summed E-state index contributed by atoms with van der Waals surface area (Å²) in [6.07, 6.45) is 0.524. The Bertz CT molecular complexity index is 835. The lowest BCUT2D eigenvalue weighted by Gasteiger charge is -2.05. The molecule has 2 aliphatic heterocycles. The molecule has 0 spiro atoms. The Morgan fingerprint density at radius 2 is 1.33 bits per heavy atom. The maximum atomic E-state index is 5.83. The van der Waals surface area contributed by atoms with Crippen molar-refractivity contribution in [3.63, 3.8) is 0 Å². The normalized spacial score (nSPS) is 22.0. The summed E-state index contributed by atoms with van der Waals surface area (Å²) in [5.41, 5.74) is 2.37. The Hall–Kier alpha value is -2.24. The van der Waals surface area contributed by atoms with E-state index in [9.17, 15) is 0 Å². The highest BCUT2D eigenvalue weighted by atomic mass is 16.6. The Morgan fingerprint density at radius 1 is 0.875 bits per heavy atom. The van der Waals surface area contributed by atoms with Crippen LogP contribution in [0.4, 0.5) is 0 Å². The molecule has 24 heavy (non-hydrogen) atoms. The Morgan fingerprint density at radius 3 is 1.75 bits per heavy atom. The lowest BCUT2D eigenvalue weighted by Crippen LogP contribution is -2.03. The summed E-state index contributed by atoms with van der Waals surface area (Å²) in [7, 11) is 2.09. The first-order chi connectivity index (χ1) is 11.8. The number of fused-ring (bicyclic) bond motifs is 3. The molecular weight excluding hydrogens is 306 g/mol. The van der Waals surface area contributed by atoms with E-state index in [1.54, 1.807) is 0 Å². The van der Waals surface area contributed by atoms with Crippen LogP contribution in [0.3, 0.4) is 0 Å². The number of nitrogens with zero attached hydrogens (tertiary/aromatic N) is 1. The van der Waals surface area contributed by atoms with Gasteiger partial charge in [-0.1, -0.05) is 0 Å². The van der Waals surface area contributed by atoms with Crippen molar-refractivity contribution in [2.45, 2.75) is 12.2 Å². The molecule has 0 saturated carbocycles. The van der Waals surface area contributed by atoms with Crippen molar-refractivity contribution in [2.75, 3.05) is 26.4 Å². The van der Waals surface area contributed by atoms with Gasteiger partial charge < -0.3 is 23.5 Å². The number of aryl methyl sites for hydroxylation is 1. The third-order valence-electron chi connectivity index (χ3n) is 4.63. The number of ether oxygens (including phenoxy) is 4. The van der Waals surface area contributed by atoms with E-state index in [-0.39, 0.29) is 12.2 Å². The monoisotopic (exact) mass is 325 g/mol. The summed E-state index contributed by atoms with van der Waals surface area (Å²) < 4.78 is 24.3. The summed E-state index contributed by atoms with van der Waals surface area (Å²) in [6, 6.07) is 12.5. The van der Waals surface area contributed by atoms with Crippen molar-refractivity contribution >= 4 is 21.8 Å². The van der Waals surface area contributed by atoms with Crippen LogP contribution in [0.2, 0.25) is 0 Å². The van der Waals surface area contributed by atoms with E-state index in [1.807, 2.05) is 12.1 Å². The van der Waals surface area contributed by atoms with Crippen molar-refractivity contribution < 1.29 is 18.9 Å². The zero-order valence-electron chi connectivity index (χ0n) is 13.5. The number of hydrogen-bond acceptors (Lipinski definition) is 4. The Labute approximate surface area is 139 Å². The van der Waals surface area contributed by atoms with Crippen molar-refractivity contribution in [3.8, 4) is 11.5 Å². The van der Waals surface area contributed by atoms with E-state index in [0.29, 0.717) is 13.2 Å².